The molecule has 0 aliphatic heterocycles. The van der Waals surface area contributed by atoms with Crippen molar-refractivity contribution in [1.82, 2.24) is 5.32 Å². The molecule has 0 atom stereocenters. The largest absolute Gasteiger partial charge is 0.452 e. The maximum absolute atomic E-state index is 12.2. The van der Waals surface area contributed by atoms with E-state index in [1.165, 1.54) is 0 Å². The molecular weight excluding hydrogens is 430 g/mol. The van der Waals surface area contributed by atoms with Crippen LogP contribution in [0.1, 0.15) is 10.4 Å². The van der Waals surface area contributed by atoms with Gasteiger partial charge in [-0.2, -0.15) is 0 Å². The summed E-state index contributed by atoms with van der Waals surface area (Å²) in [7, 11) is 0. The van der Waals surface area contributed by atoms with Crippen LogP contribution in [0.4, 0.5) is 11.4 Å². The number of benzene rings is 2. The van der Waals surface area contributed by atoms with Gasteiger partial charge in [0.1, 0.15) is 0 Å². The fourth-order valence-corrected chi connectivity index (χ4v) is 2.59. The van der Waals surface area contributed by atoms with Crippen LogP contribution in [0, 0.1) is 0 Å². The minimum absolute atomic E-state index is 0.0899. The Labute approximate surface area is 170 Å². The van der Waals surface area contributed by atoms with Gasteiger partial charge in [0.25, 0.3) is 5.91 Å². The molecule has 0 spiro atoms. The fraction of sp³-hybridized carbons (Fsp3) is 0.211. The number of anilines is 2. The molecule has 0 aliphatic rings. The van der Waals surface area contributed by atoms with Gasteiger partial charge in [-0.15, -0.1) is 0 Å². The summed E-state index contributed by atoms with van der Waals surface area (Å²) in [5, 5.41) is 16.8. The highest BCUT2D eigenvalue weighted by Gasteiger charge is 2.14. The second-order valence-electron chi connectivity index (χ2n) is 5.58. The molecule has 2 aromatic rings. The van der Waals surface area contributed by atoms with Crippen LogP contribution >= 0.6 is 15.9 Å². The van der Waals surface area contributed by atoms with Crippen molar-refractivity contribution in [2.45, 2.75) is 0 Å². The van der Waals surface area contributed by atoms with Crippen molar-refractivity contribution < 1.29 is 24.2 Å². The van der Waals surface area contributed by atoms with E-state index >= 15 is 0 Å². The molecule has 0 heterocycles. The number of amides is 2. The maximum atomic E-state index is 12.2. The van der Waals surface area contributed by atoms with Crippen LogP contribution in [0.5, 0.6) is 0 Å². The van der Waals surface area contributed by atoms with Gasteiger partial charge in [-0.3, -0.25) is 9.59 Å². The van der Waals surface area contributed by atoms with Crippen molar-refractivity contribution >= 4 is 45.1 Å². The molecule has 9 heteroatoms. The van der Waals surface area contributed by atoms with Gasteiger partial charge in [0.05, 0.1) is 24.4 Å². The number of carbonyl (C=O) groups is 3. The third-order valence-corrected chi connectivity index (χ3v) is 4.19. The van der Waals surface area contributed by atoms with Gasteiger partial charge in [-0.25, -0.2) is 4.79 Å². The van der Waals surface area contributed by atoms with E-state index < -0.39 is 24.4 Å². The quantitative estimate of drug-likeness (QED) is 0.433. The first kappa shape index (κ1) is 21.4. The summed E-state index contributed by atoms with van der Waals surface area (Å²) in [5.41, 5.74) is 1.32. The summed E-state index contributed by atoms with van der Waals surface area (Å²) in [5.74, 6) is -1.70. The zero-order valence-electron chi connectivity index (χ0n) is 14.9. The lowest BCUT2D eigenvalue weighted by Gasteiger charge is -2.11. The average Bonchev–Trinajstić information content (AvgIpc) is 2.70. The Hall–Kier alpha value is -2.91. The summed E-state index contributed by atoms with van der Waals surface area (Å²) in [6.07, 6.45) is 0. The maximum Gasteiger partial charge on any atom is 0.340 e. The molecular formula is C19H20BrN3O5. The number of esters is 1. The van der Waals surface area contributed by atoms with Gasteiger partial charge in [0, 0.05) is 16.7 Å². The number of halogens is 1. The predicted octanol–water partition coefficient (Wildman–Crippen LogP) is 1.76. The normalized spacial score (nSPS) is 10.1. The highest BCUT2D eigenvalue weighted by molar-refractivity contribution is 9.10. The molecule has 0 aromatic heterocycles. The van der Waals surface area contributed by atoms with Crippen LogP contribution in [0.3, 0.4) is 0 Å². The summed E-state index contributed by atoms with van der Waals surface area (Å²) >= 11 is 3.31. The summed E-state index contributed by atoms with van der Waals surface area (Å²) in [4.78, 5) is 35.9. The highest BCUT2D eigenvalue weighted by Crippen LogP contribution is 2.20. The number of carbonyl (C=O) groups excluding carboxylic acids is 3. The Morgan fingerprint density at radius 1 is 0.964 bits per heavy atom. The van der Waals surface area contributed by atoms with E-state index in [9.17, 15) is 14.4 Å². The van der Waals surface area contributed by atoms with E-state index in [0.717, 1.165) is 4.47 Å². The second kappa shape index (κ2) is 11.1. The number of hydrogen-bond donors (Lipinski definition) is 4. The standard InChI is InChI=1S/C19H20BrN3O5/c20-14-6-2-4-8-16(14)23-17(25)11-22-18(26)12-28-19(27)13-5-1-3-7-15(13)21-9-10-24/h1-8,21,24H,9-12H2,(H,22,26)(H,23,25). The van der Waals surface area contributed by atoms with E-state index in [1.807, 2.05) is 6.07 Å². The molecule has 8 nitrogen and oxygen atoms in total. The van der Waals surface area contributed by atoms with Crippen LogP contribution in [-0.2, 0) is 14.3 Å². The Balaban J connectivity index is 1.78. The monoisotopic (exact) mass is 449 g/mol. The van der Waals surface area contributed by atoms with Crippen LogP contribution in [0.2, 0.25) is 0 Å². The summed E-state index contributed by atoms with van der Waals surface area (Å²) in [6, 6.07) is 13.7. The molecule has 148 valence electrons. The van der Waals surface area contributed by atoms with E-state index in [-0.39, 0.29) is 25.3 Å². The first-order valence-electron chi connectivity index (χ1n) is 8.43. The van der Waals surface area contributed by atoms with Crippen molar-refractivity contribution in [2.24, 2.45) is 0 Å². The highest BCUT2D eigenvalue weighted by atomic mass is 79.9. The third kappa shape index (κ3) is 6.67. The molecule has 4 N–H and O–H groups in total. The Bertz CT molecular complexity index is 844. The van der Waals surface area contributed by atoms with E-state index in [2.05, 4.69) is 31.9 Å². The molecule has 28 heavy (non-hydrogen) atoms. The van der Waals surface area contributed by atoms with Gasteiger partial charge in [0.2, 0.25) is 5.91 Å². The van der Waals surface area contributed by atoms with Gasteiger partial charge >= 0.3 is 5.97 Å². The number of nitrogens with one attached hydrogen (secondary N) is 3. The molecule has 0 fully saturated rings. The first-order valence-corrected chi connectivity index (χ1v) is 9.22. The van der Waals surface area contributed by atoms with Crippen molar-refractivity contribution in [3.05, 3.63) is 58.6 Å². The van der Waals surface area contributed by atoms with E-state index in [4.69, 9.17) is 9.84 Å². The Morgan fingerprint density at radius 2 is 1.64 bits per heavy atom. The smallest absolute Gasteiger partial charge is 0.340 e. The van der Waals surface area contributed by atoms with Crippen molar-refractivity contribution in [3.63, 3.8) is 0 Å². The molecule has 0 unspecified atom stereocenters. The number of para-hydroxylation sites is 2. The molecule has 2 aromatic carbocycles. The summed E-state index contributed by atoms with van der Waals surface area (Å²) in [6.45, 7) is -0.591. The molecule has 0 radical (unpaired) electrons. The zero-order chi connectivity index (χ0) is 20.4. The summed E-state index contributed by atoms with van der Waals surface area (Å²) < 4.78 is 5.71. The lowest BCUT2D eigenvalue weighted by Crippen LogP contribution is -2.35. The van der Waals surface area contributed by atoms with Crippen LogP contribution in [0.15, 0.2) is 53.0 Å². The van der Waals surface area contributed by atoms with Gasteiger partial charge in [-0.1, -0.05) is 24.3 Å². The van der Waals surface area contributed by atoms with Crippen LogP contribution < -0.4 is 16.0 Å². The van der Waals surface area contributed by atoms with Crippen LogP contribution in [0.25, 0.3) is 0 Å². The minimum atomic E-state index is -0.686. The third-order valence-electron chi connectivity index (χ3n) is 3.50. The SMILES string of the molecule is O=C(COC(=O)c1ccccc1NCCO)NCC(=O)Nc1ccccc1Br. The van der Waals surface area contributed by atoms with Crippen LogP contribution in [-0.4, -0.2) is 49.2 Å². The molecule has 0 aliphatic carbocycles. The minimum Gasteiger partial charge on any atom is -0.452 e. The predicted molar refractivity (Wildman–Crippen MR) is 108 cm³/mol. The first-order chi connectivity index (χ1) is 13.5. The zero-order valence-corrected chi connectivity index (χ0v) is 16.5. The lowest BCUT2D eigenvalue weighted by molar-refractivity contribution is -0.126. The number of hydrogen-bond acceptors (Lipinski definition) is 6. The Kier molecular flexibility index (Phi) is 8.44. The number of ether oxygens (including phenoxy) is 1. The average molecular weight is 450 g/mol. The molecule has 2 amide bonds. The molecule has 0 saturated carbocycles. The fourth-order valence-electron chi connectivity index (χ4n) is 2.20. The number of aliphatic hydroxyl groups is 1. The Morgan fingerprint density at radius 3 is 2.36 bits per heavy atom. The van der Waals surface area contributed by atoms with Crippen molar-refractivity contribution in [2.75, 3.05) is 36.9 Å². The lowest BCUT2D eigenvalue weighted by atomic mass is 10.2. The van der Waals surface area contributed by atoms with Crippen molar-refractivity contribution in [1.29, 1.82) is 0 Å². The van der Waals surface area contributed by atoms with E-state index in [0.29, 0.717) is 11.4 Å². The van der Waals surface area contributed by atoms with Crippen molar-refractivity contribution in [3.8, 4) is 0 Å². The molecule has 2 rings (SSSR count). The van der Waals surface area contributed by atoms with Gasteiger partial charge < -0.3 is 25.8 Å². The molecule has 0 saturated heterocycles. The topological polar surface area (TPSA) is 117 Å². The van der Waals surface area contributed by atoms with E-state index in [1.54, 1.807) is 42.5 Å². The van der Waals surface area contributed by atoms with Gasteiger partial charge in [0.15, 0.2) is 6.61 Å². The molecule has 0 bridgehead atoms. The number of rotatable bonds is 9. The second-order valence-corrected chi connectivity index (χ2v) is 6.43. The van der Waals surface area contributed by atoms with Gasteiger partial charge in [-0.05, 0) is 40.2 Å². The number of aliphatic hydroxyl groups excluding tert-OH is 1.